The Bertz CT molecular complexity index is 657. The maximum absolute atomic E-state index is 12.5. The van der Waals surface area contributed by atoms with Crippen LogP contribution in [0.15, 0.2) is 24.3 Å². The van der Waals surface area contributed by atoms with Crippen LogP contribution in [-0.2, 0) is 14.3 Å². The van der Waals surface area contributed by atoms with Gasteiger partial charge in [-0.2, -0.15) is 0 Å². The van der Waals surface area contributed by atoms with Gasteiger partial charge in [0.1, 0.15) is 6.61 Å². The lowest BCUT2D eigenvalue weighted by molar-refractivity contribution is -0.116. The molecule has 134 valence electrons. The van der Waals surface area contributed by atoms with Crippen LogP contribution >= 0.6 is 0 Å². The first-order valence-corrected chi connectivity index (χ1v) is 8.32. The highest BCUT2D eigenvalue weighted by Gasteiger charge is 2.22. The van der Waals surface area contributed by atoms with Crippen molar-refractivity contribution in [1.29, 1.82) is 0 Å². The molecule has 0 spiro atoms. The van der Waals surface area contributed by atoms with Gasteiger partial charge in [0.2, 0.25) is 5.91 Å². The van der Waals surface area contributed by atoms with Gasteiger partial charge >= 0.3 is 6.09 Å². The van der Waals surface area contributed by atoms with Crippen molar-refractivity contribution in [3.63, 3.8) is 0 Å². The topological polar surface area (TPSA) is 88.2 Å². The van der Waals surface area contributed by atoms with E-state index in [2.05, 4.69) is 5.32 Å². The first kappa shape index (κ1) is 17.2. The molecule has 0 aromatic heterocycles. The first-order chi connectivity index (χ1) is 12.1. The van der Waals surface area contributed by atoms with E-state index in [1.807, 2.05) is 0 Å². The Kier molecular flexibility index (Phi) is 5.49. The molecule has 0 radical (unpaired) electrons. The van der Waals surface area contributed by atoms with E-state index in [-0.39, 0.29) is 24.3 Å². The van der Waals surface area contributed by atoms with Crippen molar-refractivity contribution in [3.05, 3.63) is 29.8 Å². The minimum Gasteiger partial charge on any atom is -0.448 e. The highest BCUT2D eigenvalue weighted by Crippen LogP contribution is 2.14. The Balaban J connectivity index is 1.54. The average molecular weight is 347 g/mol. The van der Waals surface area contributed by atoms with Gasteiger partial charge in [-0.3, -0.25) is 9.59 Å². The molecule has 3 amide bonds. The van der Waals surface area contributed by atoms with E-state index < -0.39 is 0 Å². The predicted octanol–water partition coefficient (Wildman–Crippen LogP) is 0.940. The lowest BCUT2D eigenvalue weighted by Crippen LogP contribution is -2.40. The second kappa shape index (κ2) is 7.98. The summed E-state index contributed by atoms with van der Waals surface area (Å²) in [6.07, 6.45) is -0.206. The molecule has 25 heavy (non-hydrogen) atoms. The largest absolute Gasteiger partial charge is 0.448 e. The summed E-state index contributed by atoms with van der Waals surface area (Å²) < 4.78 is 10.1. The smallest absolute Gasteiger partial charge is 0.409 e. The zero-order chi connectivity index (χ0) is 17.6. The molecule has 1 aromatic carbocycles. The van der Waals surface area contributed by atoms with Gasteiger partial charge in [-0.15, -0.1) is 0 Å². The molecule has 0 atom stereocenters. The van der Waals surface area contributed by atoms with Gasteiger partial charge in [-0.05, 0) is 18.2 Å². The third-order valence-electron chi connectivity index (χ3n) is 4.15. The van der Waals surface area contributed by atoms with Crippen LogP contribution in [0.2, 0.25) is 0 Å². The first-order valence-electron chi connectivity index (χ1n) is 8.32. The Morgan fingerprint density at radius 2 is 1.92 bits per heavy atom. The van der Waals surface area contributed by atoms with Crippen molar-refractivity contribution >= 4 is 23.6 Å². The molecule has 8 heteroatoms. The zero-order valence-electron chi connectivity index (χ0n) is 13.9. The molecule has 8 nitrogen and oxygen atoms in total. The fourth-order valence-corrected chi connectivity index (χ4v) is 2.77. The van der Waals surface area contributed by atoms with Gasteiger partial charge < -0.3 is 24.6 Å². The Labute approximate surface area is 145 Å². The monoisotopic (exact) mass is 347 g/mol. The number of anilines is 1. The van der Waals surface area contributed by atoms with Crippen LogP contribution in [0.1, 0.15) is 16.8 Å². The Morgan fingerprint density at radius 3 is 2.64 bits per heavy atom. The fraction of sp³-hybridized carbons (Fsp3) is 0.471. The number of benzene rings is 1. The number of hydrogen-bond donors (Lipinski definition) is 1. The number of hydrogen-bond acceptors (Lipinski definition) is 5. The summed E-state index contributed by atoms with van der Waals surface area (Å²) in [6.45, 7) is 3.42. The van der Waals surface area contributed by atoms with E-state index in [9.17, 15) is 14.4 Å². The third-order valence-corrected chi connectivity index (χ3v) is 4.15. The Morgan fingerprint density at radius 1 is 1.12 bits per heavy atom. The van der Waals surface area contributed by atoms with E-state index in [0.29, 0.717) is 57.3 Å². The van der Waals surface area contributed by atoms with Crippen molar-refractivity contribution < 1.29 is 23.9 Å². The molecule has 2 fully saturated rings. The fourth-order valence-electron chi connectivity index (χ4n) is 2.77. The number of carbonyl (C=O) groups is 3. The van der Waals surface area contributed by atoms with Crippen molar-refractivity contribution in [3.8, 4) is 0 Å². The minimum absolute atomic E-state index is 0.0702. The molecule has 2 aliphatic heterocycles. The molecule has 0 bridgehead atoms. The summed E-state index contributed by atoms with van der Waals surface area (Å²) in [6, 6.07) is 6.87. The summed E-state index contributed by atoms with van der Waals surface area (Å²) >= 11 is 0. The Hall–Kier alpha value is -2.61. The van der Waals surface area contributed by atoms with Crippen molar-refractivity contribution in [1.82, 2.24) is 9.80 Å². The molecule has 0 unspecified atom stereocenters. The van der Waals surface area contributed by atoms with Gasteiger partial charge in [0.15, 0.2) is 0 Å². The third kappa shape index (κ3) is 4.48. The number of rotatable bonds is 5. The molecule has 0 aliphatic carbocycles. The molecular weight excluding hydrogens is 326 g/mol. The van der Waals surface area contributed by atoms with E-state index >= 15 is 0 Å². The van der Waals surface area contributed by atoms with E-state index in [1.54, 1.807) is 29.2 Å². The molecule has 1 N–H and O–H groups in total. The molecule has 2 heterocycles. The lowest BCUT2D eigenvalue weighted by atomic mass is 10.1. The summed E-state index contributed by atoms with van der Waals surface area (Å²) in [4.78, 5) is 39.1. The molecule has 2 aliphatic rings. The van der Waals surface area contributed by atoms with Crippen molar-refractivity contribution in [2.24, 2.45) is 0 Å². The zero-order valence-corrected chi connectivity index (χ0v) is 13.9. The number of amides is 3. The number of morpholine rings is 1. The molecule has 2 saturated heterocycles. The maximum atomic E-state index is 12.5. The van der Waals surface area contributed by atoms with Gasteiger partial charge in [0.05, 0.1) is 19.8 Å². The van der Waals surface area contributed by atoms with E-state index in [1.165, 1.54) is 4.90 Å². The summed E-state index contributed by atoms with van der Waals surface area (Å²) in [5.41, 5.74) is 1.09. The van der Waals surface area contributed by atoms with Crippen LogP contribution in [0.25, 0.3) is 0 Å². The van der Waals surface area contributed by atoms with Crippen molar-refractivity contribution in [2.45, 2.75) is 6.42 Å². The summed E-state index contributed by atoms with van der Waals surface area (Å²) in [7, 11) is 0. The summed E-state index contributed by atoms with van der Waals surface area (Å²) in [5.74, 6) is -0.283. The lowest BCUT2D eigenvalue weighted by Gasteiger charge is -2.27. The molecule has 0 saturated carbocycles. The maximum Gasteiger partial charge on any atom is 0.409 e. The van der Waals surface area contributed by atoms with E-state index in [4.69, 9.17) is 9.47 Å². The minimum atomic E-state index is -0.383. The van der Waals surface area contributed by atoms with Crippen molar-refractivity contribution in [2.75, 3.05) is 51.3 Å². The number of ether oxygens (including phenoxy) is 2. The van der Waals surface area contributed by atoms with Crippen LogP contribution in [-0.4, -0.2) is 73.7 Å². The van der Waals surface area contributed by atoms with Gasteiger partial charge in [0.25, 0.3) is 5.91 Å². The van der Waals surface area contributed by atoms with Gasteiger partial charge in [0, 0.05) is 37.3 Å². The molecule has 1 aromatic rings. The van der Waals surface area contributed by atoms with Crippen LogP contribution in [0.3, 0.4) is 0 Å². The number of carbonyl (C=O) groups excluding carboxylic acids is 3. The second-order valence-electron chi connectivity index (χ2n) is 5.88. The number of cyclic esters (lactones) is 1. The molecule has 3 rings (SSSR count). The van der Waals surface area contributed by atoms with E-state index in [0.717, 1.165) is 0 Å². The highest BCUT2D eigenvalue weighted by molar-refractivity contribution is 5.97. The van der Waals surface area contributed by atoms with Gasteiger partial charge in [-0.1, -0.05) is 6.07 Å². The quantitative estimate of drug-likeness (QED) is 0.856. The summed E-state index contributed by atoms with van der Waals surface area (Å²) in [5, 5.41) is 2.77. The SMILES string of the molecule is O=C(CCN1CCOC1=O)Nc1cccc(C(=O)N2CCOCC2)c1. The highest BCUT2D eigenvalue weighted by atomic mass is 16.6. The van der Waals surface area contributed by atoms with Crippen LogP contribution in [0, 0.1) is 0 Å². The second-order valence-corrected chi connectivity index (χ2v) is 5.88. The predicted molar refractivity (Wildman–Crippen MR) is 89.3 cm³/mol. The number of nitrogens with zero attached hydrogens (tertiary/aromatic N) is 2. The van der Waals surface area contributed by atoms with Gasteiger partial charge in [-0.25, -0.2) is 4.79 Å². The van der Waals surface area contributed by atoms with Crippen LogP contribution in [0.4, 0.5) is 10.5 Å². The van der Waals surface area contributed by atoms with Crippen LogP contribution < -0.4 is 5.32 Å². The standard InChI is InChI=1S/C17H21N3O5/c21-15(4-5-20-8-11-25-17(20)23)18-14-3-1-2-13(12-14)16(22)19-6-9-24-10-7-19/h1-3,12H,4-11H2,(H,18,21). The van der Waals surface area contributed by atoms with Crippen LogP contribution in [0.5, 0.6) is 0 Å². The average Bonchev–Trinajstić information content (AvgIpc) is 3.05. The number of nitrogens with one attached hydrogen (secondary N) is 1. The normalized spacial score (nSPS) is 17.4. The molecular formula is C17H21N3O5.